The van der Waals surface area contributed by atoms with E-state index in [1.165, 1.54) is 6.92 Å². The molecule has 0 spiro atoms. The van der Waals surface area contributed by atoms with Gasteiger partial charge in [0, 0.05) is 32.4 Å². The van der Waals surface area contributed by atoms with Crippen LogP contribution < -0.4 is 4.90 Å². The Morgan fingerprint density at radius 1 is 1.33 bits per heavy atom. The van der Waals surface area contributed by atoms with Crippen molar-refractivity contribution in [3.8, 4) is 0 Å². The van der Waals surface area contributed by atoms with Crippen LogP contribution in [0.4, 0.5) is 5.82 Å². The molecule has 1 aromatic rings. The van der Waals surface area contributed by atoms with Crippen LogP contribution >= 0.6 is 0 Å². The predicted molar refractivity (Wildman–Crippen MR) is 69.3 cm³/mol. The van der Waals surface area contributed by atoms with Gasteiger partial charge in [0.05, 0.1) is 0 Å². The maximum atomic E-state index is 11.7. The van der Waals surface area contributed by atoms with E-state index in [0.717, 1.165) is 25.3 Å². The third-order valence-corrected chi connectivity index (χ3v) is 3.14. The monoisotopic (exact) mass is 249 g/mol. The number of rotatable bonds is 2. The molecule has 1 saturated heterocycles. The molecule has 0 radical (unpaired) electrons. The van der Waals surface area contributed by atoms with Crippen LogP contribution in [-0.2, 0) is 4.79 Å². The van der Waals surface area contributed by atoms with Crippen molar-refractivity contribution in [2.24, 2.45) is 0 Å². The first-order valence-corrected chi connectivity index (χ1v) is 6.31. The number of aliphatic hydroxyl groups is 1. The Kier molecular flexibility index (Phi) is 4.15. The Labute approximate surface area is 107 Å². The molecule has 98 valence electrons. The van der Waals surface area contributed by atoms with Crippen molar-refractivity contribution < 1.29 is 9.90 Å². The molecule has 1 N–H and O–H groups in total. The average molecular weight is 249 g/mol. The van der Waals surface area contributed by atoms with Gasteiger partial charge < -0.3 is 14.9 Å². The maximum Gasteiger partial charge on any atom is 0.251 e. The van der Waals surface area contributed by atoms with E-state index in [1.807, 2.05) is 18.2 Å². The molecule has 5 heteroatoms. The lowest BCUT2D eigenvalue weighted by atomic mass is 10.3. The number of aromatic nitrogens is 1. The number of pyridine rings is 1. The molecule has 1 amide bonds. The minimum Gasteiger partial charge on any atom is -0.384 e. The number of aliphatic hydroxyl groups excluding tert-OH is 1. The largest absolute Gasteiger partial charge is 0.384 e. The highest BCUT2D eigenvalue weighted by Crippen LogP contribution is 2.13. The summed E-state index contributed by atoms with van der Waals surface area (Å²) in [5.74, 6) is 0.765. The molecule has 0 aliphatic carbocycles. The fraction of sp³-hybridized carbons (Fsp3) is 0.538. The van der Waals surface area contributed by atoms with E-state index in [0.29, 0.717) is 13.1 Å². The molecule has 18 heavy (non-hydrogen) atoms. The van der Waals surface area contributed by atoms with Gasteiger partial charge in [-0.25, -0.2) is 4.98 Å². The van der Waals surface area contributed by atoms with Gasteiger partial charge in [-0.05, 0) is 25.5 Å². The molecule has 2 rings (SSSR count). The standard InChI is InChI=1S/C13H19N3O2/c1-11(17)13(18)16-8-4-7-15(9-10-16)12-5-2-3-6-14-12/h2-3,5-6,11,17H,4,7-10H2,1H3. The maximum absolute atomic E-state index is 11.7. The number of nitrogens with zero attached hydrogens (tertiary/aromatic N) is 3. The Hall–Kier alpha value is -1.62. The zero-order chi connectivity index (χ0) is 13.0. The summed E-state index contributed by atoms with van der Waals surface area (Å²) >= 11 is 0. The van der Waals surface area contributed by atoms with Crippen molar-refractivity contribution in [3.05, 3.63) is 24.4 Å². The van der Waals surface area contributed by atoms with Crippen molar-refractivity contribution in [2.75, 3.05) is 31.1 Å². The van der Waals surface area contributed by atoms with Crippen LogP contribution in [0.1, 0.15) is 13.3 Å². The van der Waals surface area contributed by atoms with Crippen LogP contribution in [0.3, 0.4) is 0 Å². The van der Waals surface area contributed by atoms with Crippen LogP contribution in [-0.4, -0.2) is 53.2 Å². The molecule has 2 heterocycles. The van der Waals surface area contributed by atoms with Gasteiger partial charge in [0.15, 0.2) is 0 Å². The van der Waals surface area contributed by atoms with E-state index in [9.17, 15) is 9.90 Å². The topological polar surface area (TPSA) is 56.7 Å². The minimum absolute atomic E-state index is 0.183. The predicted octanol–water partition coefficient (Wildman–Crippen LogP) is 0.501. The zero-order valence-corrected chi connectivity index (χ0v) is 10.6. The zero-order valence-electron chi connectivity index (χ0n) is 10.6. The fourth-order valence-electron chi connectivity index (χ4n) is 2.17. The van der Waals surface area contributed by atoms with Crippen molar-refractivity contribution in [1.29, 1.82) is 0 Å². The molecular weight excluding hydrogens is 230 g/mol. The average Bonchev–Trinajstić information content (AvgIpc) is 2.64. The highest BCUT2D eigenvalue weighted by Gasteiger charge is 2.22. The van der Waals surface area contributed by atoms with E-state index in [-0.39, 0.29) is 5.91 Å². The normalized spacial score (nSPS) is 18.3. The summed E-state index contributed by atoms with van der Waals surface area (Å²) < 4.78 is 0. The highest BCUT2D eigenvalue weighted by atomic mass is 16.3. The molecule has 1 aromatic heterocycles. The van der Waals surface area contributed by atoms with Gasteiger partial charge in [-0.2, -0.15) is 0 Å². The Bertz CT molecular complexity index is 394. The second-order valence-corrected chi connectivity index (χ2v) is 4.53. The van der Waals surface area contributed by atoms with E-state index in [2.05, 4.69) is 9.88 Å². The van der Waals surface area contributed by atoms with Gasteiger partial charge >= 0.3 is 0 Å². The van der Waals surface area contributed by atoms with Crippen LogP contribution in [0.2, 0.25) is 0 Å². The first kappa shape index (κ1) is 12.8. The number of amides is 1. The summed E-state index contributed by atoms with van der Waals surface area (Å²) in [4.78, 5) is 20.0. The molecule has 1 atom stereocenters. The smallest absolute Gasteiger partial charge is 0.251 e. The first-order valence-electron chi connectivity index (χ1n) is 6.31. The van der Waals surface area contributed by atoms with Gasteiger partial charge in [-0.15, -0.1) is 0 Å². The third-order valence-electron chi connectivity index (χ3n) is 3.14. The molecule has 0 aromatic carbocycles. The minimum atomic E-state index is -0.911. The Morgan fingerprint density at radius 2 is 2.17 bits per heavy atom. The summed E-state index contributed by atoms with van der Waals surface area (Å²) in [7, 11) is 0. The number of hydrogen-bond acceptors (Lipinski definition) is 4. The molecule has 0 bridgehead atoms. The SMILES string of the molecule is CC(O)C(=O)N1CCCN(c2ccccn2)CC1. The lowest BCUT2D eigenvalue weighted by Crippen LogP contribution is -2.40. The van der Waals surface area contributed by atoms with E-state index in [4.69, 9.17) is 0 Å². The molecule has 1 unspecified atom stereocenters. The second kappa shape index (κ2) is 5.82. The van der Waals surface area contributed by atoms with E-state index in [1.54, 1.807) is 11.1 Å². The summed E-state index contributed by atoms with van der Waals surface area (Å²) in [5.41, 5.74) is 0. The van der Waals surface area contributed by atoms with Gasteiger partial charge in [0.2, 0.25) is 0 Å². The van der Waals surface area contributed by atoms with Crippen LogP contribution in [0.5, 0.6) is 0 Å². The van der Waals surface area contributed by atoms with Crippen molar-refractivity contribution in [2.45, 2.75) is 19.4 Å². The molecule has 1 aliphatic rings. The van der Waals surface area contributed by atoms with Crippen LogP contribution in [0.15, 0.2) is 24.4 Å². The molecule has 0 saturated carbocycles. The van der Waals surface area contributed by atoms with Crippen LogP contribution in [0.25, 0.3) is 0 Å². The first-order chi connectivity index (χ1) is 8.68. The van der Waals surface area contributed by atoms with Gasteiger partial charge in [0.1, 0.15) is 11.9 Å². The van der Waals surface area contributed by atoms with Gasteiger partial charge in [0.25, 0.3) is 5.91 Å². The summed E-state index contributed by atoms with van der Waals surface area (Å²) in [6.07, 6.45) is 1.76. The molecular formula is C13H19N3O2. The lowest BCUT2D eigenvalue weighted by molar-refractivity contribution is -0.139. The Balaban J connectivity index is 1.99. The van der Waals surface area contributed by atoms with Crippen LogP contribution in [0, 0.1) is 0 Å². The molecule has 1 aliphatic heterocycles. The second-order valence-electron chi connectivity index (χ2n) is 4.53. The Morgan fingerprint density at radius 3 is 2.83 bits per heavy atom. The molecule has 5 nitrogen and oxygen atoms in total. The van der Waals surface area contributed by atoms with Crippen molar-refractivity contribution >= 4 is 11.7 Å². The number of hydrogen-bond donors (Lipinski definition) is 1. The fourth-order valence-corrected chi connectivity index (χ4v) is 2.17. The lowest BCUT2D eigenvalue weighted by Gasteiger charge is -2.23. The van der Waals surface area contributed by atoms with Crippen molar-refractivity contribution in [1.82, 2.24) is 9.88 Å². The number of carbonyl (C=O) groups excluding carboxylic acids is 1. The van der Waals surface area contributed by atoms with Gasteiger partial charge in [-0.3, -0.25) is 4.79 Å². The summed E-state index contributed by atoms with van der Waals surface area (Å²) in [6, 6.07) is 5.84. The van der Waals surface area contributed by atoms with E-state index < -0.39 is 6.10 Å². The molecule has 1 fully saturated rings. The summed E-state index contributed by atoms with van der Waals surface area (Å²) in [5, 5.41) is 9.33. The third kappa shape index (κ3) is 2.98. The number of anilines is 1. The number of carbonyl (C=O) groups is 1. The van der Waals surface area contributed by atoms with Gasteiger partial charge in [-0.1, -0.05) is 6.07 Å². The highest BCUT2D eigenvalue weighted by molar-refractivity contribution is 5.80. The van der Waals surface area contributed by atoms with E-state index >= 15 is 0 Å². The van der Waals surface area contributed by atoms with Crippen molar-refractivity contribution in [3.63, 3.8) is 0 Å². The quantitative estimate of drug-likeness (QED) is 0.829. The summed E-state index contributed by atoms with van der Waals surface area (Å²) in [6.45, 7) is 4.51.